The quantitative estimate of drug-likeness (QED) is 0.384. The van der Waals surface area contributed by atoms with E-state index < -0.39 is 0 Å². The van der Waals surface area contributed by atoms with Crippen LogP contribution in [-0.4, -0.2) is 37.8 Å². The van der Waals surface area contributed by atoms with Crippen molar-refractivity contribution in [1.82, 2.24) is 0 Å². The highest BCUT2D eigenvalue weighted by Gasteiger charge is 2.23. The average molecular weight is 328 g/mol. The third-order valence-corrected chi connectivity index (χ3v) is 4.02. The van der Waals surface area contributed by atoms with Crippen LogP contribution in [0.5, 0.6) is 0 Å². The number of nitrogens with zero attached hydrogens (tertiary/aromatic N) is 2. The molecule has 0 aliphatic carbocycles. The van der Waals surface area contributed by atoms with E-state index in [1.165, 1.54) is 0 Å². The zero-order valence-corrected chi connectivity index (χ0v) is 12.4. The standard InChI is InChI=1S/C13H18BrN3O2/c1-19-8-9-4-5-17(7-9)12-3-2-10(6-11(12)14)13(15)16-18/h2-3,6,9,18H,4-5,7-8H2,1H3,(H2,15,16). The molecule has 19 heavy (non-hydrogen) atoms. The van der Waals surface area contributed by atoms with E-state index in [2.05, 4.69) is 26.0 Å². The molecule has 104 valence electrons. The van der Waals surface area contributed by atoms with Crippen LogP contribution in [0.15, 0.2) is 27.8 Å². The summed E-state index contributed by atoms with van der Waals surface area (Å²) in [5.41, 5.74) is 7.41. The Labute approximate surface area is 121 Å². The minimum atomic E-state index is 0.117. The van der Waals surface area contributed by atoms with Gasteiger partial charge < -0.3 is 20.6 Å². The van der Waals surface area contributed by atoms with Gasteiger partial charge in [0, 0.05) is 36.2 Å². The molecule has 1 aliphatic rings. The normalized spacial score (nSPS) is 20.0. The van der Waals surface area contributed by atoms with Crippen molar-refractivity contribution in [3.05, 3.63) is 28.2 Å². The van der Waals surface area contributed by atoms with E-state index in [1.54, 1.807) is 7.11 Å². The number of ether oxygens (including phenoxy) is 1. The lowest BCUT2D eigenvalue weighted by molar-refractivity contribution is 0.161. The molecule has 1 unspecified atom stereocenters. The molecule has 1 fully saturated rings. The molecule has 0 amide bonds. The van der Waals surface area contributed by atoms with Gasteiger partial charge in [-0.25, -0.2) is 0 Å². The molecule has 2 rings (SSSR count). The molecule has 1 saturated heterocycles. The molecule has 5 nitrogen and oxygen atoms in total. The van der Waals surface area contributed by atoms with Crippen LogP contribution in [0.3, 0.4) is 0 Å². The zero-order chi connectivity index (χ0) is 13.8. The number of amidine groups is 1. The Kier molecular flexibility index (Phi) is 4.66. The molecular weight excluding hydrogens is 310 g/mol. The molecule has 1 heterocycles. The summed E-state index contributed by atoms with van der Waals surface area (Å²) in [5.74, 6) is 0.701. The topological polar surface area (TPSA) is 71.1 Å². The van der Waals surface area contributed by atoms with Gasteiger partial charge >= 0.3 is 0 Å². The summed E-state index contributed by atoms with van der Waals surface area (Å²) >= 11 is 3.55. The first-order valence-electron chi connectivity index (χ1n) is 6.17. The molecule has 0 spiro atoms. The Morgan fingerprint density at radius 3 is 3.05 bits per heavy atom. The van der Waals surface area contributed by atoms with E-state index >= 15 is 0 Å². The maximum absolute atomic E-state index is 8.68. The van der Waals surface area contributed by atoms with Crippen LogP contribution in [0.2, 0.25) is 0 Å². The lowest BCUT2D eigenvalue weighted by atomic mass is 10.1. The van der Waals surface area contributed by atoms with Gasteiger partial charge in [0.1, 0.15) is 0 Å². The van der Waals surface area contributed by atoms with Gasteiger partial charge in [-0.15, -0.1) is 0 Å². The van der Waals surface area contributed by atoms with Crippen molar-refractivity contribution >= 4 is 27.5 Å². The Balaban J connectivity index is 2.14. The summed E-state index contributed by atoms with van der Waals surface area (Å²) in [6.07, 6.45) is 1.14. The van der Waals surface area contributed by atoms with Crippen molar-refractivity contribution in [1.29, 1.82) is 0 Å². The lowest BCUT2D eigenvalue weighted by Crippen LogP contribution is -2.21. The van der Waals surface area contributed by atoms with Crippen LogP contribution in [0.4, 0.5) is 5.69 Å². The minimum Gasteiger partial charge on any atom is -0.409 e. The van der Waals surface area contributed by atoms with E-state index in [0.717, 1.165) is 36.3 Å². The van der Waals surface area contributed by atoms with Gasteiger partial charge in [-0.05, 0) is 40.5 Å². The highest BCUT2D eigenvalue weighted by atomic mass is 79.9. The monoisotopic (exact) mass is 327 g/mol. The number of anilines is 1. The van der Waals surface area contributed by atoms with Crippen LogP contribution in [0.25, 0.3) is 0 Å². The van der Waals surface area contributed by atoms with E-state index in [-0.39, 0.29) is 5.84 Å². The van der Waals surface area contributed by atoms with Crippen LogP contribution >= 0.6 is 15.9 Å². The van der Waals surface area contributed by atoms with Gasteiger partial charge in [-0.2, -0.15) is 0 Å². The number of nitrogens with two attached hydrogens (primary N) is 1. The molecule has 6 heteroatoms. The number of hydrogen-bond acceptors (Lipinski definition) is 4. The van der Waals surface area contributed by atoms with Crippen LogP contribution in [-0.2, 0) is 4.74 Å². The molecule has 0 bridgehead atoms. The number of halogens is 1. The first-order chi connectivity index (χ1) is 9.15. The second-order valence-corrected chi connectivity index (χ2v) is 5.56. The molecule has 1 atom stereocenters. The fourth-order valence-electron chi connectivity index (χ4n) is 2.40. The molecule has 3 N–H and O–H groups in total. The van der Waals surface area contributed by atoms with Gasteiger partial charge in [0.25, 0.3) is 0 Å². The molecule has 0 saturated carbocycles. The average Bonchev–Trinajstić information content (AvgIpc) is 2.86. The molecule has 1 aromatic carbocycles. The predicted molar refractivity (Wildman–Crippen MR) is 78.8 cm³/mol. The van der Waals surface area contributed by atoms with Crippen molar-refractivity contribution in [3.63, 3.8) is 0 Å². The van der Waals surface area contributed by atoms with Crippen LogP contribution < -0.4 is 10.6 Å². The van der Waals surface area contributed by atoms with E-state index in [1.807, 2.05) is 18.2 Å². The number of oxime groups is 1. The summed E-state index contributed by atoms with van der Waals surface area (Å²) in [6.45, 7) is 2.82. The summed E-state index contributed by atoms with van der Waals surface area (Å²) in [5, 5.41) is 11.7. The molecule has 1 aliphatic heterocycles. The number of methoxy groups -OCH3 is 1. The number of benzene rings is 1. The van der Waals surface area contributed by atoms with Gasteiger partial charge in [0.2, 0.25) is 0 Å². The van der Waals surface area contributed by atoms with E-state index in [0.29, 0.717) is 11.5 Å². The summed E-state index contributed by atoms with van der Waals surface area (Å²) < 4.78 is 6.16. The summed E-state index contributed by atoms with van der Waals surface area (Å²) in [4.78, 5) is 2.32. The minimum absolute atomic E-state index is 0.117. The summed E-state index contributed by atoms with van der Waals surface area (Å²) in [6, 6.07) is 5.72. The SMILES string of the molecule is COCC1CCN(c2ccc(/C(N)=N/O)cc2Br)C1. The third-order valence-electron chi connectivity index (χ3n) is 3.38. The van der Waals surface area contributed by atoms with Crippen molar-refractivity contribution in [2.24, 2.45) is 16.8 Å². The van der Waals surface area contributed by atoms with Gasteiger partial charge in [0.05, 0.1) is 12.3 Å². The van der Waals surface area contributed by atoms with Crippen molar-refractivity contribution in [2.45, 2.75) is 6.42 Å². The number of rotatable bonds is 4. The first-order valence-corrected chi connectivity index (χ1v) is 6.96. The third kappa shape index (κ3) is 3.19. The van der Waals surface area contributed by atoms with Crippen molar-refractivity contribution in [3.8, 4) is 0 Å². The molecule has 0 aromatic heterocycles. The fourth-order valence-corrected chi connectivity index (χ4v) is 3.03. The Hall–Kier alpha value is -1.27. The van der Waals surface area contributed by atoms with Gasteiger partial charge in [0.15, 0.2) is 5.84 Å². The largest absolute Gasteiger partial charge is 0.409 e. The Morgan fingerprint density at radius 1 is 1.63 bits per heavy atom. The summed E-state index contributed by atoms with van der Waals surface area (Å²) in [7, 11) is 1.74. The van der Waals surface area contributed by atoms with Gasteiger partial charge in [-0.1, -0.05) is 5.16 Å². The highest BCUT2D eigenvalue weighted by Crippen LogP contribution is 2.31. The smallest absolute Gasteiger partial charge is 0.170 e. The van der Waals surface area contributed by atoms with Crippen molar-refractivity contribution in [2.75, 3.05) is 31.7 Å². The fraction of sp³-hybridized carbons (Fsp3) is 0.462. The predicted octanol–water partition coefficient (Wildman–Crippen LogP) is 2.02. The van der Waals surface area contributed by atoms with Crippen LogP contribution in [0, 0.1) is 5.92 Å². The first kappa shape index (κ1) is 14.1. The maximum Gasteiger partial charge on any atom is 0.170 e. The van der Waals surface area contributed by atoms with Crippen molar-refractivity contribution < 1.29 is 9.94 Å². The highest BCUT2D eigenvalue weighted by molar-refractivity contribution is 9.10. The zero-order valence-electron chi connectivity index (χ0n) is 10.8. The second kappa shape index (κ2) is 6.25. The Bertz CT molecular complexity index is 479. The van der Waals surface area contributed by atoms with Crippen LogP contribution in [0.1, 0.15) is 12.0 Å². The van der Waals surface area contributed by atoms with E-state index in [4.69, 9.17) is 15.7 Å². The van der Waals surface area contributed by atoms with Gasteiger partial charge in [-0.3, -0.25) is 0 Å². The Morgan fingerprint density at radius 2 is 2.42 bits per heavy atom. The number of hydrogen-bond donors (Lipinski definition) is 2. The molecule has 1 aromatic rings. The lowest BCUT2D eigenvalue weighted by Gasteiger charge is -2.20. The second-order valence-electron chi connectivity index (χ2n) is 4.71. The maximum atomic E-state index is 8.68. The van der Waals surface area contributed by atoms with E-state index in [9.17, 15) is 0 Å². The molecular formula is C13H18BrN3O2. The molecule has 0 radical (unpaired) electrons.